The Labute approximate surface area is 116 Å². The van der Waals surface area contributed by atoms with Crippen molar-refractivity contribution in [2.45, 2.75) is 6.42 Å². The first-order chi connectivity index (χ1) is 8.80. The lowest BCUT2D eigenvalue weighted by Crippen LogP contribution is -2.26. The molecule has 1 aromatic heterocycles. The van der Waals surface area contributed by atoms with Crippen LogP contribution in [0.4, 0.5) is 5.82 Å². The molecule has 1 amide bonds. The molecule has 1 fully saturated rings. The van der Waals surface area contributed by atoms with E-state index in [0.717, 1.165) is 0 Å². The first-order valence-corrected chi connectivity index (χ1v) is 7.86. The Kier molecular flexibility index (Phi) is 3.59. The molecule has 1 unspecified atom stereocenters. The topological polar surface area (TPSA) is 107 Å². The first-order valence-electron chi connectivity index (χ1n) is 5.63. The molecule has 0 bridgehead atoms. The Morgan fingerprint density at radius 3 is 2.84 bits per heavy atom. The smallest absolute Gasteiger partial charge is 0.229 e. The fraction of sp³-hybridized carbons (Fsp3) is 0.500. The zero-order chi connectivity index (χ0) is 14.2. The maximum absolute atomic E-state index is 12.0. The number of nitrogens with zero attached hydrogens (tertiary/aromatic N) is 2. The number of aromatic nitrogens is 2. The maximum atomic E-state index is 12.0. The molecule has 0 spiro atoms. The number of rotatable bonds is 3. The van der Waals surface area contributed by atoms with Gasteiger partial charge in [0.05, 0.1) is 29.2 Å². The van der Waals surface area contributed by atoms with Gasteiger partial charge in [0.2, 0.25) is 5.91 Å². The van der Waals surface area contributed by atoms with E-state index >= 15 is 0 Å². The standard InChI is InChI=1S/C10H14N4O3S2/c1-14-9(7(4-12-14)8(11)18)13-10(15)6-2-3-19(16,17)5-6/h4,6H,2-3,5H2,1H3,(H2,11,18)(H,13,15). The molecule has 0 saturated carbocycles. The van der Waals surface area contributed by atoms with Crippen molar-refractivity contribution in [2.75, 3.05) is 16.8 Å². The normalized spacial score (nSPS) is 21.2. The molecule has 0 aliphatic carbocycles. The minimum absolute atomic E-state index is 0.0542. The van der Waals surface area contributed by atoms with Crippen molar-refractivity contribution in [3.05, 3.63) is 11.8 Å². The van der Waals surface area contributed by atoms with Crippen LogP contribution in [0.3, 0.4) is 0 Å². The van der Waals surface area contributed by atoms with Crippen LogP contribution in [0.2, 0.25) is 0 Å². The number of amides is 1. The lowest BCUT2D eigenvalue weighted by atomic mass is 10.1. The van der Waals surface area contributed by atoms with Crippen molar-refractivity contribution in [3.63, 3.8) is 0 Å². The van der Waals surface area contributed by atoms with E-state index in [2.05, 4.69) is 10.4 Å². The van der Waals surface area contributed by atoms with Crippen LogP contribution in [0.15, 0.2) is 6.20 Å². The third kappa shape index (κ3) is 2.92. The van der Waals surface area contributed by atoms with Crippen molar-refractivity contribution in [1.82, 2.24) is 9.78 Å². The molecule has 9 heteroatoms. The third-order valence-electron chi connectivity index (χ3n) is 3.05. The summed E-state index contributed by atoms with van der Waals surface area (Å²) in [5.41, 5.74) is 6.00. The molecule has 2 heterocycles. The molecule has 1 aliphatic heterocycles. The molecular formula is C10H14N4O3S2. The number of hydrogen-bond acceptors (Lipinski definition) is 5. The van der Waals surface area contributed by atoms with Gasteiger partial charge in [-0.15, -0.1) is 0 Å². The number of aryl methyl sites for hydroxylation is 1. The van der Waals surface area contributed by atoms with Crippen LogP contribution >= 0.6 is 12.2 Å². The first kappa shape index (κ1) is 13.9. The quantitative estimate of drug-likeness (QED) is 0.724. The van der Waals surface area contributed by atoms with Gasteiger partial charge in [-0.05, 0) is 6.42 Å². The number of hydrogen-bond donors (Lipinski definition) is 2. The number of anilines is 1. The highest BCUT2D eigenvalue weighted by molar-refractivity contribution is 7.91. The molecular weight excluding hydrogens is 288 g/mol. The summed E-state index contributed by atoms with van der Waals surface area (Å²) in [5, 5.41) is 6.61. The summed E-state index contributed by atoms with van der Waals surface area (Å²) in [6, 6.07) is 0. The lowest BCUT2D eigenvalue weighted by molar-refractivity contribution is -0.119. The molecule has 1 atom stereocenters. The van der Waals surface area contributed by atoms with Gasteiger partial charge < -0.3 is 11.1 Å². The zero-order valence-corrected chi connectivity index (χ0v) is 11.9. The second-order valence-electron chi connectivity index (χ2n) is 4.48. The average molecular weight is 302 g/mol. The van der Waals surface area contributed by atoms with Crippen molar-refractivity contribution in [3.8, 4) is 0 Å². The monoisotopic (exact) mass is 302 g/mol. The predicted octanol–water partition coefficient (Wildman–Crippen LogP) is -0.572. The average Bonchev–Trinajstić information content (AvgIpc) is 2.83. The van der Waals surface area contributed by atoms with E-state index in [1.165, 1.54) is 10.9 Å². The number of thiocarbonyl (C=S) groups is 1. The summed E-state index contributed by atoms with van der Waals surface area (Å²) in [7, 11) is -1.45. The van der Waals surface area contributed by atoms with Gasteiger partial charge in [-0.25, -0.2) is 8.42 Å². The minimum atomic E-state index is -3.09. The Hall–Kier alpha value is -1.48. The van der Waals surface area contributed by atoms with Gasteiger partial charge >= 0.3 is 0 Å². The second kappa shape index (κ2) is 4.89. The lowest BCUT2D eigenvalue weighted by Gasteiger charge is -2.11. The van der Waals surface area contributed by atoms with E-state index in [-0.39, 0.29) is 22.4 Å². The van der Waals surface area contributed by atoms with E-state index in [4.69, 9.17) is 18.0 Å². The maximum Gasteiger partial charge on any atom is 0.229 e. The van der Waals surface area contributed by atoms with E-state index in [0.29, 0.717) is 17.8 Å². The number of nitrogens with two attached hydrogens (primary N) is 1. The van der Waals surface area contributed by atoms with Gasteiger partial charge in [-0.3, -0.25) is 9.48 Å². The number of carbonyl (C=O) groups is 1. The summed E-state index contributed by atoms with van der Waals surface area (Å²) in [4.78, 5) is 12.2. The summed E-state index contributed by atoms with van der Waals surface area (Å²) >= 11 is 4.86. The van der Waals surface area contributed by atoms with Gasteiger partial charge in [-0.2, -0.15) is 5.10 Å². The highest BCUT2D eigenvalue weighted by Crippen LogP contribution is 2.21. The van der Waals surface area contributed by atoms with E-state index in [1.807, 2.05) is 0 Å². The Balaban J connectivity index is 2.16. The van der Waals surface area contributed by atoms with Crippen LogP contribution < -0.4 is 11.1 Å². The van der Waals surface area contributed by atoms with Gasteiger partial charge in [0.1, 0.15) is 10.8 Å². The molecule has 1 saturated heterocycles. The highest BCUT2D eigenvalue weighted by Gasteiger charge is 2.33. The number of nitrogens with one attached hydrogen (secondary N) is 1. The molecule has 19 heavy (non-hydrogen) atoms. The summed E-state index contributed by atoms with van der Waals surface area (Å²) < 4.78 is 24.1. The molecule has 0 radical (unpaired) electrons. The van der Waals surface area contributed by atoms with Crippen molar-refractivity contribution in [1.29, 1.82) is 0 Å². The fourth-order valence-corrected chi connectivity index (χ4v) is 3.88. The SMILES string of the molecule is Cn1ncc(C(N)=S)c1NC(=O)C1CCS(=O)(=O)C1. The van der Waals surface area contributed by atoms with Gasteiger partial charge in [0, 0.05) is 7.05 Å². The van der Waals surface area contributed by atoms with E-state index in [1.54, 1.807) is 7.05 Å². The molecule has 3 N–H and O–H groups in total. The van der Waals surface area contributed by atoms with Crippen LogP contribution in [0.5, 0.6) is 0 Å². The fourth-order valence-electron chi connectivity index (χ4n) is 1.99. The van der Waals surface area contributed by atoms with Gasteiger partial charge in [0.25, 0.3) is 0 Å². The molecule has 1 aromatic rings. The minimum Gasteiger partial charge on any atom is -0.389 e. The number of sulfone groups is 1. The molecule has 7 nitrogen and oxygen atoms in total. The molecule has 1 aliphatic rings. The van der Waals surface area contributed by atoms with Crippen LogP contribution in [0.25, 0.3) is 0 Å². The Morgan fingerprint density at radius 1 is 1.63 bits per heavy atom. The van der Waals surface area contributed by atoms with Crippen molar-refractivity contribution in [2.24, 2.45) is 18.7 Å². The summed E-state index contributed by atoms with van der Waals surface area (Å²) in [6.45, 7) is 0. The van der Waals surface area contributed by atoms with Crippen LogP contribution in [0, 0.1) is 5.92 Å². The zero-order valence-electron chi connectivity index (χ0n) is 10.3. The number of carbonyl (C=O) groups excluding carboxylic acids is 1. The van der Waals surface area contributed by atoms with E-state index < -0.39 is 15.8 Å². The van der Waals surface area contributed by atoms with Gasteiger partial charge in [0.15, 0.2) is 9.84 Å². The predicted molar refractivity (Wildman–Crippen MR) is 74.5 cm³/mol. The molecule has 0 aromatic carbocycles. The van der Waals surface area contributed by atoms with Crippen LogP contribution in [-0.4, -0.2) is 40.6 Å². The van der Waals surface area contributed by atoms with E-state index in [9.17, 15) is 13.2 Å². The van der Waals surface area contributed by atoms with Crippen LogP contribution in [0.1, 0.15) is 12.0 Å². The Bertz CT molecular complexity index is 635. The third-order valence-corrected chi connectivity index (χ3v) is 5.04. The molecule has 2 rings (SSSR count). The Morgan fingerprint density at radius 2 is 2.32 bits per heavy atom. The molecule has 104 valence electrons. The highest BCUT2D eigenvalue weighted by atomic mass is 32.2. The second-order valence-corrected chi connectivity index (χ2v) is 7.15. The van der Waals surface area contributed by atoms with Crippen LogP contribution in [-0.2, 0) is 21.7 Å². The largest absolute Gasteiger partial charge is 0.389 e. The summed E-state index contributed by atoms with van der Waals surface area (Å²) in [6.07, 6.45) is 1.80. The van der Waals surface area contributed by atoms with Gasteiger partial charge in [-0.1, -0.05) is 12.2 Å². The summed E-state index contributed by atoms with van der Waals surface area (Å²) in [5.74, 6) is -0.541. The van der Waals surface area contributed by atoms with Crippen molar-refractivity contribution < 1.29 is 13.2 Å². The van der Waals surface area contributed by atoms with Crippen molar-refractivity contribution >= 4 is 38.8 Å².